The third-order valence-corrected chi connectivity index (χ3v) is 4.19. The minimum absolute atomic E-state index is 0.0654. The topological polar surface area (TPSA) is 44.4 Å². The van der Waals surface area contributed by atoms with Gasteiger partial charge in [-0.1, -0.05) is 17.7 Å². The predicted octanol–water partition coefficient (Wildman–Crippen LogP) is 4.35. The summed E-state index contributed by atoms with van der Waals surface area (Å²) in [5.41, 5.74) is 1.61. The molecule has 0 aliphatic rings. The zero-order valence-corrected chi connectivity index (χ0v) is 13.7. The number of furan rings is 1. The molecule has 0 aliphatic heterocycles. The van der Waals surface area contributed by atoms with Crippen LogP contribution in [0.4, 0.5) is 0 Å². The Morgan fingerprint density at radius 2 is 2.17 bits per heavy atom. The van der Waals surface area contributed by atoms with Crippen molar-refractivity contribution < 1.29 is 13.9 Å². The molecule has 120 valence electrons. The number of aryl methyl sites for hydroxylation is 1. The molecule has 0 bridgehead atoms. The van der Waals surface area contributed by atoms with Crippen LogP contribution in [0.1, 0.15) is 22.5 Å². The number of carbonyl (C=O) groups excluding carboxylic acids is 1. The normalized spacial score (nSPS) is 11.2. The standard InChI is InChI=1S/C18H18ClNO3/c1-22-11-9-20-12-14(18-15(19)5-2-6-16(18)20)17(21)8-7-13-4-3-10-23-13/h2-6,10,12H,7-9,11H2,1H3. The minimum Gasteiger partial charge on any atom is -0.469 e. The van der Waals surface area contributed by atoms with E-state index in [1.54, 1.807) is 13.4 Å². The van der Waals surface area contributed by atoms with E-state index in [-0.39, 0.29) is 5.78 Å². The molecule has 3 rings (SSSR count). The first-order chi connectivity index (χ1) is 11.2. The van der Waals surface area contributed by atoms with Gasteiger partial charge in [-0.05, 0) is 24.3 Å². The fourth-order valence-electron chi connectivity index (χ4n) is 2.72. The zero-order chi connectivity index (χ0) is 16.2. The minimum atomic E-state index is 0.0654. The molecule has 0 aliphatic carbocycles. The molecule has 5 heteroatoms. The van der Waals surface area contributed by atoms with Crippen molar-refractivity contribution in [2.75, 3.05) is 13.7 Å². The number of nitrogens with zero attached hydrogens (tertiary/aromatic N) is 1. The number of hydrogen-bond acceptors (Lipinski definition) is 3. The number of ether oxygens (including phenoxy) is 1. The third-order valence-electron chi connectivity index (χ3n) is 3.87. The lowest BCUT2D eigenvalue weighted by molar-refractivity contribution is 0.0982. The Morgan fingerprint density at radius 1 is 1.30 bits per heavy atom. The maximum atomic E-state index is 12.6. The van der Waals surface area contributed by atoms with Crippen LogP contribution in [0.5, 0.6) is 0 Å². The van der Waals surface area contributed by atoms with Crippen molar-refractivity contribution in [3.8, 4) is 0 Å². The van der Waals surface area contributed by atoms with Crippen molar-refractivity contribution in [2.24, 2.45) is 0 Å². The molecule has 0 amide bonds. The molecular weight excluding hydrogens is 314 g/mol. The van der Waals surface area contributed by atoms with E-state index >= 15 is 0 Å². The van der Waals surface area contributed by atoms with Gasteiger partial charge < -0.3 is 13.7 Å². The second-order valence-electron chi connectivity index (χ2n) is 5.37. The van der Waals surface area contributed by atoms with E-state index in [0.717, 1.165) is 16.7 Å². The van der Waals surface area contributed by atoms with Gasteiger partial charge >= 0.3 is 0 Å². The number of ketones is 1. The third kappa shape index (κ3) is 3.33. The van der Waals surface area contributed by atoms with Crippen molar-refractivity contribution in [1.29, 1.82) is 0 Å². The van der Waals surface area contributed by atoms with Gasteiger partial charge in [-0.15, -0.1) is 0 Å². The molecule has 0 radical (unpaired) electrons. The van der Waals surface area contributed by atoms with Gasteiger partial charge in [0.25, 0.3) is 0 Å². The maximum absolute atomic E-state index is 12.6. The first-order valence-corrected chi connectivity index (χ1v) is 7.90. The molecular formula is C18H18ClNO3. The number of rotatable bonds is 7. The summed E-state index contributed by atoms with van der Waals surface area (Å²) >= 11 is 6.34. The van der Waals surface area contributed by atoms with Crippen molar-refractivity contribution in [3.05, 3.63) is 59.1 Å². The summed E-state index contributed by atoms with van der Waals surface area (Å²) in [6.45, 7) is 1.26. The highest BCUT2D eigenvalue weighted by Gasteiger charge is 2.17. The van der Waals surface area contributed by atoms with Crippen molar-refractivity contribution >= 4 is 28.3 Å². The molecule has 0 saturated heterocycles. The van der Waals surface area contributed by atoms with E-state index in [4.69, 9.17) is 20.8 Å². The van der Waals surface area contributed by atoms with Gasteiger partial charge in [-0.25, -0.2) is 0 Å². The molecule has 23 heavy (non-hydrogen) atoms. The molecule has 0 atom stereocenters. The summed E-state index contributed by atoms with van der Waals surface area (Å²) in [5.74, 6) is 0.878. The molecule has 3 aromatic rings. The molecule has 0 fully saturated rings. The fourth-order valence-corrected chi connectivity index (χ4v) is 2.99. The summed E-state index contributed by atoms with van der Waals surface area (Å²) in [7, 11) is 1.66. The molecule has 2 heterocycles. The number of carbonyl (C=O) groups is 1. The maximum Gasteiger partial charge on any atom is 0.165 e. The summed E-state index contributed by atoms with van der Waals surface area (Å²) in [6, 6.07) is 9.38. The second kappa shape index (κ2) is 7.02. The van der Waals surface area contributed by atoms with Gasteiger partial charge in [0.05, 0.1) is 23.4 Å². The van der Waals surface area contributed by atoms with E-state index in [2.05, 4.69) is 0 Å². The number of halogens is 1. The lowest BCUT2D eigenvalue weighted by atomic mass is 10.0. The van der Waals surface area contributed by atoms with Crippen LogP contribution < -0.4 is 0 Å². The van der Waals surface area contributed by atoms with Crippen LogP contribution >= 0.6 is 11.6 Å². The summed E-state index contributed by atoms with van der Waals surface area (Å²) in [4.78, 5) is 12.6. The van der Waals surface area contributed by atoms with Crippen molar-refractivity contribution in [2.45, 2.75) is 19.4 Å². The summed E-state index contributed by atoms with van der Waals surface area (Å²) < 4.78 is 12.4. The van der Waals surface area contributed by atoms with E-state index in [0.29, 0.717) is 36.6 Å². The number of fused-ring (bicyclic) bond motifs is 1. The van der Waals surface area contributed by atoms with Crippen LogP contribution in [0.3, 0.4) is 0 Å². The number of benzene rings is 1. The smallest absolute Gasteiger partial charge is 0.165 e. The van der Waals surface area contributed by atoms with E-state index in [9.17, 15) is 4.79 Å². The van der Waals surface area contributed by atoms with Gasteiger partial charge in [0, 0.05) is 43.6 Å². The average molecular weight is 332 g/mol. The molecule has 4 nitrogen and oxygen atoms in total. The first-order valence-electron chi connectivity index (χ1n) is 7.52. The highest BCUT2D eigenvalue weighted by Crippen LogP contribution is 2.30. The highest BCUT2D eigenvalue weighted by atomic mass is 35.5. The van der Waals surface area contributed by atoms with Crippen LogP contribution in [-0.2, 0) is 17.7 Å². The lowest BCUT2D eigenvalue weighted by Crippen LogP contribution is -2.03. The van der Waals surface area contributed by atoms with E-state index in [1.165, 1.54) is 0 Å². The summed E-state index contributed by atoms with van der Waals surface area (Å²) in [5, 5.41) is 1.41. The molecule has 0 spiro atoms. The Kier molecular flexibility index (Phi) is 4.84. The Balaban J connectivity index is 1.91. The Hall–Kier alpha value is -2.04. The van der Waals surface area contributed by atoms with Crippen molar-refractivity contribution in [3.63, 3.8) is 0 Å². The Morgan fingerprint density at radius 3 is 2.91 bits per heavy atom. The molecule has 0 unspecified atom stereocenters. The van der Waals surface area contributed by atoms with Crippen LogP contribution in [0.15, 0.2) is 47.2 Å². The van der Waals surface area contributed by atoms with E-state index < -0.39 is 0 Å². The molecule has 2 aromatic heterocycles. The molecule has 0 saturated carbocycles. The number of aromatic nitrogens is 1. The van der Waals surface area contributed by atoms with Crippen LogP contribution in [0, 0.1) is 0 Å². The fraction of sp³-hybridized carbons (Fsp3) is 0.278. The number of Topliss-reactive ketones (excluding diaryl/α,β-unsaturated/α-hetero) is 1. The van der Waals surface area contributed by atoms with Gasteiger partial charge in [0.1, 0.15) is 5.76 Å². The monoisotopic (exact) mass is 331 g/mol. The second-order valence-corrected chi connectivity index (χ2v) is 5.77. The number of methoxy groups -OCH3 is 1. The quantitative estimate of drug-likeness (QED) is 0.604. The number of hydrogen-bond donors (Lipinski definition) is 0. The molecule has 1 aromatic carbocycles. The van der Waals surface area contributed by atoms with Gasteiger partial charge in [-0.2, -0.15) is 0 Å². The Bertz CT molecular complexity index is 805. The van der Waals surface area contributed by atoms with Gasteiger partial charge in [0.2, 0.25) is 0 Å². The van der Waals surface area contributed by atoms with Gasteiger partial charge in [0.15, 0.2) is 5.78 Å². The van der Waals surface area contributed by atoms with Crippen molar-refractivity contribution in [1.82, 2.24) is 4.57 Å². The van der Waals surface area contributed by atoms with Crippen LogP contribution in [0.25, 0.3) is 10.9 Å². The van der Waals surface area contributed by atoms with E-state index in [1.807, 2.05) is 41.1 Å². The SMILES string of the molecule is COCCn1cc(C(=O)CCc2ccco2)c2c(Cl)cccc21. The molecule has 0 N–H and O–H groups in total. The largest absolute Gasteiger partial charge is 0.469 e. The zero-order valence-electron chi connectivity index (χ0n) is 12.9. The van der Waals surface area contributed by atoms with Gasteiger partial charge in [-0.3, -0.25) is 4.79 Å². The highest BCUT2D eigenvalue weighted by molar-refractivity contribution is 6.37. The lowest BCUT2D eigenvalue weighted by Gasteiger charge is -2.03. The summed E-state index contributed by atoms with van der Waals surface area (Å²) in [6.07, 6.45) is 4.47. The first kappa shape index (κ1) is 15.8. The van der Waals surface area contributed by atoms with Crippen LogP contribution in [0.2, 0.25) is 5.02 Å². The van der Waals surface area contributed by atoms with Crippen LogP contribution in [-0.4, -0.2) is 24.1 Å². The Labute approximate surface area is 139 Å². The predicted molar refractivity (Wildman–Crippen MR) is 90.2 cm³/mol. The average Bonchev–Trinajstić information content (AvgIpc) is 3.19.